The molecular formula is C23H28N2O5. The second-order valence-corrected chi connectivity index (χ2v) is 7.41. The van der Waals surface area contributed by atoms with Crippen LogP contribution in [0.2, 0.25) is 0 Å². The van der Waals surface area contributed by atoms with Crippen LogP contribution in [0.5, 0.6) is 0 Å². The standard InChI is InChI=1S/C21H26N2O.C2H2O4/c1-16-12-14-23(15-13-16)17(2)21(24)22-20-11-7-6-10-19(20)18-8-4-3-5-9-18;3-1(4)2(5)6/h3-11,16-17H,12-15H2,1-2H3,(H,22,24);(H,3,4)(H,5,6). The molecule has 1 atom stereocenters. The van der Waals surface area contributed by atoms with Gasteiger partial charge in [-0.15, -0.1) is 0 Å². The van der Waals surface area contributed by atoms with Gasteiger partial charge in [0.15, 0.2) is 0 Å². The Labute approximate surface area is 176 Å². The number of anilines is 1. The molecule has 1 amide bonds. The van der Waals surface area contributed by atoms with Crippen LogP contribution in [-0.2, 0) is 14.4 Å². The molecule has 1 saturated heterocycles. The summed E-state index contributed by atoms with van der Waals surface area (Å²) in [6, 6.07) is 18.1. The lowest BCUT2D eigenvalue weighted by atomic mass is 9.98. The van der Waals surface area contributed by atoms with E-state index in [9.17, 15) is 4.79 Å². The van der Waals surface area contributed by atoms with Crippen molar-refractivity contribution in [3.63, 3.8) is 0 Å². The first-order chi connectivity index (χ1) is 14.3. The highest BCUT2D eigenvalue weighted by atomic mass is 16.4. The predicted molar refractivity (Wildman–Crippen MR) is 115 cm³/mol. The summed E-state index contributed by atoms with van der Waals surface area (Å²) in [5, 5.41) is 17.9. The molecule has 0 saturated carbocycles. The van der Waals surface area contributed by atoms with E-state index in [4.69, 9.17) is 19.8 Å². The number of benzene rings is 2. The van der Waals surface area contributed by atoms with E-state index >= 15 is 0 Å². The molecule has 1 aliphatic heterocycles. The Morgan fingerprint density at radius 1 is 0.933 bits per heavy atom. The molecule has 0 radical (unpaired) electrons. The summed E-state index contributed by atoms with van der Waals surface area (Å²) >= 11 is 0. The van der Waals surface area contributed by atoms with Crippen LogP contribution in [0.4, 0.5) is 5.69 Å². The summed E-state index contributed by atoms with van der Waals surface area (Å²) in [7, 11) is 0. The van der Waals surface area contributed by atoms with Crippen molar-refractivity contribution in [2.75, 3.05) is 18.4 Å². The normalized spacial score (nSPS) is 15.4. The van der Waals surface area contributed by atoms with Crippen LogP contribution >= 0.6 is 0 Å². The van der Waals surface area contributed by atoms with E-state index in [0.29, 0.717) is 0 Å². The van der Waals surface area contributed by atoms with E-state index < -0.39 is 11.9 Å². The number of carbonyl (C=O) groups is 3. The van der Waals surface area contributed by atoms with Gasteiger partial charge < -0.3 is 15.5 Å². The van der Waals surface area contributed by atoms with Crippen LogP contribution in [0.15, 0.2) is 54.6 Å². The average Bonchev–Trinajstić information content (AvgIpc) is 2.75. The van der Waals surface area contributed by atoms with E-state index in [1.165, 1.54) is 12.8 Å². The number of carboxylic acid groups (broad SMARTS) is 2. The first kappa shape index (κ1) is 23.1. The summed E-state index contributed by atoms with van der Waals surface area (Å²) in [4.78, 5) is 33.2. The lowest BCUT2D eigenvalue weighted by molar-refractivity contribution is -0.159. The molecule has 1 fully saturated rings. The Balaban J connectivity index is 0.000000469. The van der Waals surface area contributed by atoms with Crippen molar-refractivity contribution in [1.29, 1.82) is 0 Å². The summed E-state index contributed by atoms with van der Waals surface area (Å²) in [6.45, 7) is 6.32. The summed E-state index contributed by atoms with van der Waals surface area (Å²) in [6.07, 6.45) is 2.36. The Bertz CT molecular complexity index is 849. The van der Waals surface area contributed by atoms with Crippen molar-refractivity contribution < 1.29 is 24.6 Å². The minimum absolute atomic E-state index is 0.0768. The molecule has 1 unspecified atom stereocenters. The van der Waals surface area contributed by atoms with Gasteiger partial charge in [-0.3, -0.25) is 9.69 Å². The first-order valence-electron chi connectivity index (χ1n) is 9.95. The van der Waals surface area contributed by atoms with Gasteiger partial charge in [0.25, 0.3) is 0 Å². The van der Waals surface area contributed by atoms with Gasteiger partial charge in [0.05, 0.1) is 6.04 Å². The third-order valence-corrected chi connectivity index (χ3v) is 5.20. The van der Waals surface area contributed by atoms with E-state index in [0.717, 1.165) is 35.8 Å². The van der Waals surface area contributed by atoms with Gasteiger partial charge >= 0.3 is 11.9 Å². The number of hydrogen-bond acceptors (Lipinski definition) is 4. The molecule has 7 heteroatoms. The minimum Gasteiger partial charge on any atom is -0.473 e. The maximum absolute atomic E-state index is 12.7. The van der Waals surface area contributed by atoms with E-state index in [1.807, 2.05) is 43.3 Å². The molecule has 160 valence electrons. The number of carbonyl (C=O) groups excluding carboxylic acids is 1. The van der Waals surface area contributed by atoms with Crippen LogP contribution in [0.1, 0.15) is 26.7 Å². The zero-order chi connectivity index (χ0) is 22.1. The van der Waals surface area contributed by atoms with Gasteiger partial charge in [-0.1, -0.05) is 55.5 Å². The number of nitrogens with zero attached hydrogens (tertiary/aromatic N) is 1. The molecule has 2 aromatic rings. The molecule has 30 heavy (non-hydrogen) atoms. The second kappa shape index (κ2) is 11.1. The van der Waals surface area contributed by atoms with Gasteiger partial charge in [-0.2, -0.15) is 0 Å². The third-order valence-electron chi connectivity index (χ3n) is 5.20. The summed E-state index contributed by atoms with van der Waals surface area (Å²) in [5.74, 6) is -2.80. The SMILES string of the molecule is CC1CCN(C(C)C(=O)Nc2ccccc2-c2ccccc2)CC1.O=C(O)C(=O)O. The number of amides is 1. The monoisotopic (exact) mass is 412 g/mol. The molecule has 1 heterocycles. The fourth-order valence-corrected chi connectivity index (χ4v) is 3.28. The molecular weight excluding hydrogens is 384 g/mol. The molecule has 2 aromatic carbocycles. The highest BCUT2D eigenvalue weighted by molar-refractivity contribution is 6.27. The van der Waals surface area contributed by atoms with E-state index in [-0.39, 0.29) is 11.9 Å². The number of rotatable bonds is 4. The van der Waals surface area contributed by atoms with Gasteiger partial charge in [-0.05, 0) is 50.4 Å². The highest BCUT2D eigenvalue weighted by Gasteiger charge is 2.25. The zero-order valence-electron chi connectivity index (χ0n) is 17.2. The topological polar surface area (TPSA) is 107 Å². The van der Waals surface area contributed by atoms with Crippen molar-refractivity contribution >= 4 is 23.5 Å². The second-order valence-electron chi connectivity index (χ2n) is 7.41. The van der Waals surface area contributed by atoms with Crippen molar-refractivity contribution in [3.8, 4) is 11.1 Å². The average molecular weight is 412 g/mol. The maximum Gasteiger partial charge on any atom is 0.414 e. The van der Waals surface area contributed by atoms with E-state index in [1.54, 1.807) is 0 Å². The van der Waals surface area contributed by atoms with Gasteiger partial charge in [0.2, 0.25) is 5.91 Å². The lowest BCUT2D eigenvalue weighted by Gasteiger charge is -2.34. The Morgan fingerprint density at radius 3 is 2.03 bits per heavy atom. The molecule has 0 aliphatic carbocycles. The maximum atomic E-state index is 12.7. The summed E-state index contributed by atoms with van der Waals surface area (Å²) < 4.78 is 0. The highest BCUT2D eigenvalue weighted by Crippen LogP contribution is 2.28. The van der Waals surface area contributed by atoms with Crippen molar-refractivity contribution in [1.82, 2.24) is 4.90 Å². The van der Waals surface area contributed by atoms with Crippen LogP contribution < -0.4 is 5.32 Å². The van der Waals surface area contributed by atoms with Crippen molar-refractivity contribution in [2.24, 2.45) is 5.92 Å². The number of para-hydroxylation sites is 1. The van der Waals surface area contributed by atoms with Crippen LogP contribution in [0.25, 0.3) is 11.1 Å². The fraction of sp³-hybridized carbons (Fsp3) is 0.348. The van der Waals surface area contributed by atoms with Gasteiger partial charge in [0, 0.05) is 11.3 Å². The lowest BCUT2D eigenvalue weighted by Crippen LogP contribution is -2.45. The first-order valence-corrected chi connectivity index (χ1v) is 9.95. The largest absolute Gasteiger partial charge is 0.473 e. The smallest absolute Gasteiger partial charge is 0.414 e. The fourth-order valence-electron chi connectivity index (χ4n) is 3.28. The zero-order valence-corrected chi connectivity index (χ0v) is 17.2. The number of piperidine rings is 1. The molecule has 3 N–H and O–H groups in total. The molecule has 0 bridgehead atoms. The Hall–Kier alpha value is -3.19. The molecule has 0 aromatic heterocycles. The van der Waals surface area contributed by atoms with Gasteiger partial charge in [0.1, 0.15) is 0 Å². The molecule has 3 rings (SSSR count). The number of hydrogen-bond donors (Lipinski definition) is 3. The third kappa shape index (κ3) is 6.70. The Kier molecular flexibility index (Phi) is 8.55. The molecule has 7 nitrogen and oxygen atoms in total. The van der Waals surface area contributed by atoms with Gasteiger partial charge in [-0.25, -0.2) is 9.59 Å². The van der Waals surface area contributed by atoms with Crippen molar-refractivity contribution in [3.05, 3.63) is 54.6 Å². The van der Waals surface area contributed by atoms with Crippen LogP contribution in [-0.4, -0.2) is 52.1 Å². The van der Waals surface area contributed by atoms with Crippen molar-refractivity contribution in [2.45, 2.75) is 32.7 Å². The Morgan fingerprint density at radius 2 is 1.47 bits per heavy atom. The van der Waals surface area contributed by atoms with Crippen LogP contribution in [0.3, 0.4) is 0 Å². The van der Waals surface area contributed by atoms with Crippen LogP contribution in [0, 0.1) is 5.92 Å². The van der Waals surface area contributed by atoms with E-state index in [2.05, 4.69) is 35.3 Å². The number of nitrogens with one attached hydrogen (secondary N) is 1. The molecule has 1 aliphatic rings. The minimum atomic E-state index is -1.82. The number of aliphatic carboxylic acids is 2. The number of carboxylic acids is 2. The predicted octanol–water partition coefficient (Wildman–Crippen LogP) is 3.57. The number of likely N-dealkylation sites (tertiary alicyclic amines) is 1. The summed E-state index contributed by atoms with van der Waals surface area (Å²) in [5.41, 5.74) is 3.06. The molecule has 0 spiro atoms. The quantitative estimate of drug-likeness (QED) is 0.663.